The largest absolute Gasteiger partial charge is 0.505 e. The van der Waals surface area contributed by atoms with Crippen molar-refractivity contribution in [3.8, 4) is 5.75 Å². The lowest BCUT2D eigenvalue weighted by Crippen LogP contribution is -2.53. The maximum atomic E-state index is 15.3. The molecule has 8 rings (SSSR count). The summed E-state index contributed by atoms with van der Waals surface area (Å²) in [6.45, 7) is 0. The highest BCUT2D eigenvalue weighted by Crippen LogP contribution is 2.64. The SMILES string of the molecule is O=C1C2CC=C3C(CC4C(=O)N(c5cccc(Cl)c5)C(=O)C4(c4ccccc4)C3c3ccc(O)c(F)c3)C2C(=O)N1c1cccc(B(O)O)c1. The zero-order chi connectivity index (χ0) is 35.1. The molecule has 0 spiro atoms. The van der Waals surface area contributed by atoms with E-state index in [1.807, 2.05) is 6.08 Å². The van der Waals surface area contributed by atoms with Gasteiger partial charge in [-0.1, -0.05) is 77.8 Å². The van der Waals surface area contributed by atoms with E-state index < -0.39 is 77.3 Å². The molecule has 4 aliphatic rings. The first-order valence-corrected chi connectivity index (χ1v) is 16.6. The molecule has 50 heavy (non-hydrogen) atoms. The molecule has 3 fully saturated rings. The summed E-state index contributed by atoms with van der Waals surface area (Å²) < 4.78 is 15.3. The average molecular weight is 691 g/mol. The zero-order valence-electron chi connectivity index (χ0n) is 26.3. The number of benzene rings is 4. The van der Waals surface area contributed by atoms with Crippen LogP contribution in [0.15, 0.2) is 109 Å². The van der Waals surface area contributed by atoms with Gasteiger partial charge in [-0.15, -0.1) is 0 Å². The fourth-order valence-electron chi connectivity index (χ4n) is 8.90. The van der Waals surface area contributed by atoms with Crippen molar-refractivity contribution in [3.63, 3.8) is 0 Å². The monoisotopic (exact) mass is 690 g/mol. The first kappa shape index (κ1) is 32.1. The third-order valence-electron chi connectivity index (χ3n) is 10.9. The van der Waals surface area contributed by atoms with Crippen LogP contribution in [0.25, 0.3) is 0 Å². The molecule has 4 aromatic rings. The number of carbonyl (C=O) groups is 4. The smallest absolute Gasteiger partial charge is 0.488 e. The van der Waals surface area contributed by atoms with E-state index in [0.717, 1.165) is 15.9 Å². The van der Waals surface area contributed by atoms with Gasteiger partial charge in [0.25, 0.3) is 0 Å². The number of hydrogen-bond acceptors (Lipinski definition) is 7. The summed E-state index contributed by atoms with van der Waals surface area (Å²) in [4.78, 5) is 60.5. The number of carbonyl (C=O) groups excluding carboxylic acids is 4. The molecule has 2 aliphatic heterocycles. The summed E-state index contributed by atoms with van der Waals surface area (Å²) in [7, 11) is -1.82. The van der Waals surface area contributed by atoms with Crippen molar-refractivity contribution in [1.82, 2.24) is 0 Å². The Hall–Kier alpha value is -5.10. The molecule has 250 valence electrons. The number of phenols is 1. The Balaban J connectivity index is 1.34. The molecule has 0 aromatic heterocycles. The van der Waals surface area contributed by atoms with Gasteiger partial charge in [-0.25, -0.2) is 9.29 Å². The zero-order valence-corrected chi connectivity index (χ0v) is 27.1. The molecule has 0 bridgehead atoms. The van der Waals surface area contributed by atoms with Gasteiger partial charge < -0.3 is 15.2 Å². The van der Waals surface area contributed by atoms with Gasteiger partial charge >= 0.3 is 7.12 Å². The summed E-state index contributed by atoms with van der Waals surface area (Å²) in [5.41, 5.74) is 0.467. The van der Waals surface area contributed by atoms with Crippen LogP contribution in [-0.4, -0.2) is 45.9 Å². The van der Waals surface area contributed by atoms with Crippen LogP contribution in [-0.2, 0) is 24.6 Å². The van der Waals surface area contributed by atoms with Gasteiger partial charge in [-0.3, -0.25) is 24.1 Å². The quantitative estimate of drug-likeness (QED) is 0.162. The van der Waals surface area contributed by atoms with Crippen molar-refractivity contribution < 1.29 is 38.7 Å². The van der Waals surface area contributed by atoms with Crippen LogP contribution in [0.5, 0.6) is 5.75 Å². The van der Waals surface area contributed by atoms with Crippen molar-refractivity contribution >= 4 is 59.2 Å². The van der Waals surface area contributed by atoms with Gasteiger partial charge in [-0.05, 0) is 77.8 Å². The van der Waals surface area contributed by atoms with Crippen molar-refractivity contribution in [2.45, 2.75) is 24.2 Å². The minimum absolute atomic E-state index is 0.0445. The van der Waals surface area contributed by atoms with Crippen LogP contribution in [0, 0.1) is 29.5 Å². The number of amides is 4. The van der Waals surface area contributed by atoms with Crippen LogP contribution in [0.4, 0.5) is 15.8 Å². The molecule has 6 atom stereocenters. The van der Waals surface area contributed by atoms with Crippen LogP contribution in [0.1, 0.15) is 29.9 Å². The Kier molecular flexibility index (Phi) is 7.56. The third-order valence-corrected chi connectivity index (χ3v) is 11.1. The summed E-state index contributed by atoms with van der Waals surface area (Å²) in [6.07, 6.45) is 2.04. The number of phenolic OH excluding ortho intramolecular Hbond substituents is 1. The Bertz CT molecular complexity index is 2140. The van der Waals surface area contributed by atoms with Gasteiger partial charge in [0, 0.05) is 10.9 Å². The lowest BCUT2D eigenvalue weighted by atomic mass is 9.49. The first-order valence-electron chi connectivity index (χ1n) is 16.3. The number of aromatic hydroxyl groups is 1. The van der Waals surface area contributed by atoms with E-state index >= 15 is 9.18 Å². The Morgan fingerprint density at radius 3 is 2.20 bits per heavy atom. The molecule has 2 heterocycles. The summed E-state index contributed by atoms with van der Waals surface area (Å²) in [5.74, 6) is -7.88. The highest BCUT2D eigenvalue weighted by molar-refractivity contribution is 6.58. The normalized spacial score (nSPS) is 27.2. The van der Waals surface area contributed by atoms with E-state index in [2.05, 4.69) is 0 Å². The fraction of sp³-hybridized carbons (Fsp3) is 0.211. The second-order valence-corrected chi connectivity index (χ2v) is 13.7. The number of imide groups is 2. The van der Waals surface area contributed by atoms with Crippen molar-refractivity contribution in [1.29, 1.82) is 0 Å². The standard InChI is InChI=1S/C38H29BClFN2O7/c40-23-9-5-11-25(18-23)43-35(46)29-19-28-26(13-14-27-32(28)36(47)42(34(27)45)24-10-4-8-22(17-24)39(49)50)33(20-12-15-31(44)30(41)16-20)38(29,37(43)48)21-6-2-1-3-7-21/h1-13,15-18,27-29,32-33,44,49-50H,14,19H2. The number of fused-ring (bicyclic) bond motifs is 4. The van der Waals surface area contributed by atoms with E-state index in [1.165, 1.54) is 36.4 Å². The molecular weight excluding hydrogens is 662 g/mol. The van der Waals surface area contributed by atoms with Crippen LogP contribution < -0.4 is 15.3 Å². The number of rotatable bonds is 5. The lowest BCUT2D eigenvalue weighted by molar-refractivity contribution is -0.127. The van der Waals surface area contributed by atoms with E-state index in [-0.39, 0.29) is 29.7 Å². The van der Waals surface area contributed by atoms with E-state index in [4.69, 9.17) is 11.6 Å². The van der Waals surface area contributed by atoms with Crippen LogP contribution in [0.3, 0.4) is 0 Å². The van der Waals surface area contributed by atoms with Gasteiger partial charge in [0.2, 0.25) is 23.6 Å². The summed E-state index contributed by atoms with van der Waals surface area (Å²) in [6, 6.07) is 25.1. The van der Waals surface area contributed by atoms with Crippen LogP contribution in [0.2, 0.25) is 5.02 Å². The van der Waals surface area contributed by atoms with E-state index in [1.54, 1.807) is 54.6 Å². The summed E-state index contributed by atoms with van der Waals surface area (Å²) >= 11 is 6.34. The molecule has 3 N–H and O–H groups in total. The number of nitrogens with zero attached hydrogens (tertiary/aromatic N) is 2. The molecule has 12 heteroatoms. The lowest BCUT2D eigenvalue weighted by Gasteiger charge is -2.50. The Morgan fingerprint density at radius 1 is 0.780 bits per heavy atom. The minimum Gasteiger partial charge on any atom is -0.505 e. The molecule has 0 radical (unpaired) electrons. The maximum Gasteiger partial charge on any atom is 0.488 e. The number of halogens is 2. The Morgan fingerprint density at radius 2 is 1.50 bits per heavy atom. The van der Waals surface area contributed by atoms with Crippen molar-refractivity contribution in [2.75, 3.05) is 9.80 Å². The van der Waals surface area contributed by atoms with Crippen LogP contribution >= 0.6 is 11.6 Å². The highest BCUT2D eigenvalue weighted by atomic mass is 35.5. The average Bonchev–Trinajstić information content (AvgIpc) is 3.50. The second kappa shape index (κ2) is 11.8. The summed E-state index contributed by atoms with van der Waals surface area (Å²) in [5, 5.41) is 30.0. The number of hydrogen-bond donors (Lipinski definition) is 3. The molecule has 4 aromatic carbocycles. The molecule has 4 amide bonds. The molecule has 2 saturated heterocycles. The van der Waals surface area contributed by atoms with E-state index in [9.17, 15) is 29.5 Å². The topological polar surface area (TPSA) is 135 Å². The highest BCUT2D eigenvalue weighted by Gasteiger charge is 2.70. The number of anilines is 2. The second-order valence-electron chi connectivity index (χ2n) is 13.3. The predicted octanol–water partition coefficient (Wildman–Crippen LogP) is 4.23. The first-order chi connectivity index (χ1) is 24.0. The van der Waals surface area contributed by atoms with Gasteiger partial charge in [0.15, 0.2) is 11.6 Å². The Labute approximate surface area is 291 Å². The van der Waals surface area contributed by atoms with E-state index in [0.29, 0.717) is 21.7 Å². The maximum absolute atomic E-state index is 15.3. The van der Waals surface area contributed by atoms with Gasteiger partial charge in [0.05, 0.1) is 34.5 Å². The molecular formula is C38H29BClFN2O7. The minimum atomic E-state index is -1.82. The third kappa shape index (κ3) is 4.53. The number of allylic oxidation sites excluding steroid dienone is 2. The predicted molar refractivity (Wildman–Crippen MR) is 183 cm³/mol. The van der Waals surface area contributed by atoms with Gasteiger partial charge in [0.1, 0.15) is 0 Å². The molecule has 2 aliphatic carbocycles. The van der Waals surface area contributed by atoms with Crippen molar-refractivity contribution in [3.05, 3.63) is 131 Å². The fourth-order valence-corrected chi connectivity index (χ4v) is 9.08. The molecule has 1 saturated carbocycles. The molecule has 6 unspecified atom stereocenters. The van der Waals surface area contributed by atoms with Crippen molar-refractivity contribution in [2.24, 2.45) is 23.7 Å². The van der Waals surface area contributed by atoms with Gasteiger partial charge in [-0.2, -0.15) is 0 Å². The molecule has 9 nitrogen and oxygen atoms in total.